The Morgan fingerprint density at radius 1 is 0.739 bits per heavy atom. The van der Waals surface area contributed by atoms with Gasteiger partial charge in [0.15, 0.2) is 17.5 Å². The highest BCUT2D eigenvalue weighted by molar-refractivity contribution is 5.78. The molecule has 244 valence electrons. The Morgan fingerprint density at radius 3 is 1.78 bits per heavy atom. The van der Waals surface area contributed by atoms with Crippen molar-refractivity contribution in [2.24, 2.45) is 10.9 Å². The van der Waals surface area contributed by atoms with Gasteiger partial charge in [0.05, 0.1) is 12.3 Å². The van der Waals surface area contributed by atoms with Crippen molar-refractivity contribution < 1.29 is 14.6 Å². The van der Waals surface area contributed by atoms with Crippen LogP contribution in [-0.4, -0.2) is 52.7 Å². The average Bonchev–Trinajstić information content (AvgIpc) is 3.00. The molecule has 1 N–H and O–H groups in total. The number of aromatic nitrogens is 3. The molecule has 2 atom stereocenters. The second kappa shape index (κ2) is 16.1. The van der Waals surface area contributed by atoms with E-state index in [0.717, 1.165) is 51.8 Å². The molecule has 2 unspecified atom stereocenters. The van der Waals surface area contributed by atoms with Gasteiger partial charge in [0, 0.05) is 29.4 Å². The van der Waals surface area contributed by atoms with Crippen molar-refractivity contribution in [3.05, 3.63) is 75.8 Å². The number of aliphatic imine (C=N–C) groups is 1. The highest BCUT2D eigenvalue weighted by atomic mass is 16.5. The summed E-state index contributed by atoms with van der Waals surface area (Å²) in [5.74, 6) is 2.84. The number of nitrogens with zero attached hydrogens (tertiary/aromatic N) is 4. The standard InChI is InChI=1S/C39H50N4O3/c1-10-12-13-30(11-2)21-45-22-31(44)23-46-32-14-15-33(34(20-32)40-9)37-41-38(35-26(5)16-24(3)17-27(35)6)43-39(42-37)36-28(7)18-25(4)19-29(36)8/h14-20,30-31,44H,9-13,21-23H2,1-8H3. The first-order valence-electron chi connectivity index (χ1n) is 16.5. The highest BCUT2D eigenvalue weighted by Crippen LogP contribution is 2.36. The summed E-state index contributed by atoms with van der Waals surface area (Å²) in [5.41, 5.74) is 10.1. The van der Waals surface area contributed by atoms with Gasteiger partial charge >= 0.3 is 0 Å². The van der Waals surface area contributed by atoms with E-state index in [1.165, 1.54) is 24.0 Å². The van der Waals surface area contributed by atoms with Gasteiger partial charge in [-0.1, -0.05) is 68.5 Å². The summed E-state index contributed by atoms with van der Waals surface area (Å²) in [6.45, 7) is 21.8. The Morgan fingerprint density at radius 2 is 1.28 bits per heavy atom. The molecule has 0 saturated carbocycles. The van der Waals surface area contributed by atoms with Crippen LogP contribution < -0.4 is 4.74 Å². The summed E-state index contributed by atoms with van der Waals surface area (Å²) in [7, 11) is 0. The molecule has 0 saturated heterocycles. The first kappa shape index (κ1) is 34.9. The quantitative estimate of drug-likeness (QED) is 0.133. The van der Waals surface area contributed by atoms with Crippen LogP contribution in [0.2, 0.25) is 0 Å². The van der Waals surface area contributed by atoms with Crippen LogP contribution in [0, 0.1) is 47.5 Å². The van der Waals surface area contributed by atoms with E-state index in [9.17, 15) is 5.11 Å². The average molecular weight is 623 g/mol. The van der Waals surface area contributed by atoms with Crippen LogP contribution in [0.3, 0.4) is 0 Å². The Kier molecular flexibility index (Phi) is 12.2. The number of aliphatic hydroxyl groups excluding tert-OH is 1. The van der Waals surface area contributed by atoms with Crippen LogP contribution in [0.1, 0.15) is 72.9 Å². The molecule has 3 aromatic carbocycles. The van der Waals surface area contributed by atoms with Crippen LogP contribution >= 0.6 is 0 Å². The number of unbranched alkanes of at least 4 members (excludes halogenated alkanes) is 1. The molecule has 0 spiro atoms. The first-order valence-corrected chi connectivity index (χ1v) is 16.5. The van der Waals surface area contributed by atoms with Crippen molar-refractivity contribution in [2.75, 3.05) is 19.8 Å². The molecule has 4 aromatic rings. The zero-order valence-electron chi connectivity index (χ0n) is 28.9. The summed E-state index contributed by atoms with van der Waals surface area (Å²) >= 11 is 0. The minimum atomic E-state index is -0.737. The van der Waals surface area contributed by atoms with Crippen molar-refractivity contribution in [2.45, 2.75) is 87.2 Å². The molecule has 0 amide bonds. The summed E-state index contributed by atoms with van der Waals surface area (Å²) < 4.78 is 11.8. The molecule has 1 aromatic heterocycles. The number of rotatable bonds is 15. The molecular formula is C39H50N4O3. The minimum absolute atomic E-state index is 0.111. The van der Waals surface area contributed by atoms with Gasteiger partial charge in [-0.3, -0.25) is 4.99 Å². The monoisotopic (exact) mass is 622 g/mol. The van der Waals surface area contributed by atoms with Crippen molar-refractivity contribution in [3.63, 3.8) is 0 Å². The van der Waals surface area contributed by atoms with Crippen molar-refractivity contribution in [1.82, 2.24) is 15.0 Å². The maximum absolute atomic E-state index is 10.5. The molecular weight excluding hydrogens is 572 g/mol. The largest absolute Gasteiger partial charge is 0.491 e. The molecule has 0 bridgehead atoms. The lowest BCUT2D eigenvalue weighted by atomic mass is 9.97. The van der Waals surface area contributed by atoms with Gasteiger partial charge in [-0.25, -0.2) is 15.0 Å². The van der Waals surface area contributed by atoms with E-state index in [1.54, 1.807) is 0 Å². The number of benzene rings is 3. The fourth-order valence-electron chi connectivity index (χ4n) is 6.22. The second-order valence-corrected chi connectivity index (χ2v) is 12.6. The number of aliphatic hydroxyl groups is 1. The highest BCUT2D eigenvalue weighted by Gasteiger charge is 2.20. The molecule has 0 fully saturated rings. The van der Waals surface area contributed by atoms with E-state index in [1.807, 2.05) is 18.2 Å². The first-order chi connectivity index (χ1) is 22.0. The fraction of sp³-hybridized carbons (Fsp3) is 0.436. The third kappa shape index (κ3) is 8.65. The van der Waals surface area contributed by atoms with Gasteiger partial charge in [0.1, 0.15) is 18.5 Å². The van der Waals surface area contributed by atoms with Crippen molar-refractivity contribution >= 4 is 12.4 Å². The zero-order valence-corrected chi connectivity index (χ0v) is 28.9. The molecule has 7 heteroatoms. The molecule has 4 rings (SSSR count). The van der Waals surface area contributed by atoms with E-state index < -0.39 is 6.10 Å². The normalized spacial score (nSPS) is 12.6. The second-order valence-electron chi connectivity index (χ2n) is 12.6. The Hall–Kier alpha value is -3.94. The Labute approximate surface area is 275 Å². The molecule has 7 nitrogen and oxygen atoms in total. The molecule has 0 aliphatic carbocycles. The molecule has 0 radical (unpaired) electrons. The van der Waals surface area contributed by atoms with E-state index >= 15 is 0 Å². The lowest BCUT2D eigenvalue weighted by Gasteiger charge is -2.18. The van der Waals surface area contributed by atoms with E-state index in [-0.39, 0.29) is 13.2 Å². The zero-order chi connectivity index (χ0) is 33.4. The molecule has 0 aliphatic heterocycles. The Bertz CT molecular complexity index is 1540. The van der Waals surface area contributed by atoms with Gasteiger partial charge in [-0.2, -0.15) is 0 Å². The number of hydrogen-bond acceptors (Lipinski definition) is 7. The van der Waals surface area contributed by atoms with Gasteiger partial charge < -0.3 is 14.6 Å². The van der Waals surface area contributed by atoms with Gasteiger partial charge in [-0.05, 0) is 95.0 Å². The third-order valence-corrected chi connectivity index (χ3v) is 8.47. The smallest absolute Gasteiger partial charge is 0.166 e. The van der Waals surface area contributed by atoms with Gasteiger partial charge in [-0.15, -0.1) is 0 Å². The predicted molar refractivity (Wildman–Crippen MR) is 189 cm³/mol. The van der Waals surface area contributed by atoms with Crippen LogP contribution in [-0.2, 0) is 4.74 Å². The summed E-state index contributed by atoms with van der Waals surface area (Å²) in [6, 6.07) is 14.2. The Balaban J connectivity index is 1.65. The number of ether oxygens (including phenoxy) is 2. The fourth-order valence-corrected chi connectivity index (χ4v) is 6.22. The van der Waals surface area contributed by atoms with Crippen LogP contribution in [0.5, 0.6) is 5.75 Å². The van der Waals surface area contributed by atoms with Crippen molar-refractivity contribution in [3.8, 4) is 39.9 Å². The lowest BCUT2D eigenvalue weighted by Crippen LogP contribution is -2.25. The van der Waals surface area contributed by atoms with Crippen LogP contribution in [0.4, 0.5) is 5.69 Å². The summed E-state index contributed by atoms with van der Waals surface area (Å²) in [4.78, 5) is 19.4. The number of aryl methyl sites for hydroxylation is 6. The molecule has 1 heterocycles. The SMILES string of the molecule is C=Nc1cc(OCC(O)COCC(CC)CCCC)ccc1-c1nc(-c2c(C)cc(C)cc2C)nc(-c2c(C)cc(C)cc2C)n1. The topological polar surface area (TPSA) is 89.7 Å². The minimum Gasteiger partial charge on any atom is -0.491 e. The van der Waals surface area contributed by atoms with Gasteiger partial charge in [0.25, 0.3) is 0 Å². The van der Waals surface area contributed by atoms with Crippen molar-refractivity contribution in [1.29, 1.82) is 0 Å². The molecule has 0 aliphatic rings. The summed E-state index contributed by atoms with van der Waals surface area (Å²) in [6.07, 6.45) is 3.88. The predicted octanol–water partition coefficient (Wildman–Crippen LogP) is 9.03. The maximum atomic E-state index is 10.5. The maximum Gasteiger partial charge on any atom is 0.166 e. The number of hydrogen-bond donors (Lipinski definition) is 1. The van der Waals surface area contributed by atoms with Gasteiger partial charge in [0.2, 0.25) is 0 Å². The van der Waals surface area contributed by atoms with E-state index in [4.69, 9.17) is 24.4 Å². The molecule has 46 heavy (non-hydrogen) atoms. The van der Waals surface area contributed by atoms with E-state index in [0.29, 0.717) is 41.4 Å². The van der Waals surface area contributed by atoms with E-state index in [2.05, 4.69) is 91.4 Å². The third-order valence-electron chi connectivity index (χ3n) is 8.47. The van der Waals surface area contributed by atoms with Crippen LogP contribution in [0.25, 0.3) is 34.2 Å². The van der Waals surface area contributed by atoms with Crippen LogP contribution in [0.15, 0.2) is 47.5 Å². The lowest BCUT2D eigenvalue weighted by molar-refractivity contribution is -0.00108. The summed E-state index contributed by atoms with van der Waals surface area (Å²) in [5, 5.41) is 10.5.